The fraction of sp³-hybridized carbons (Fsp3) is 0.333. The molecule has 0 saturated carbocycles. The van der Waals surface area contributed by atoms with Crippen LogP contribution >= 0.6 is 0 Å². The van der Waals surface area contributed by atoms with Crippen LogP contribution in [-0.4, -0.2) is 32.7 Å². The summed E-state index contributed by atoms with van der Waals surface area (Å²) in [5.41, 5.74) is 3.17. The van der Waals surface area contributed by atoms with E-state index in [1.807, 2.05) is 25.1 Å². The number of nitrogens with one attached hydrogen (secondary N) is 2. The number of methoxy groups -OCH3 is 2. The maximum Gasteiger partial charge on any atom is 0.323 e. The van der Waals surface area contributed by atoms with Gasteiger partial charge in [0.25, 0.3) is 0 Å². The van der Waals surface area contributed by atoms with Gasteiger partial charge in [0.15, 0.2) is 0 Å². The van der Waals surface area contributed by atoms with Crippen molar-refractivity contribution in [1.29, 1.82) is 0 Å². The maximum atomic E-state index is 12.4. The van der Waals surface area contributed by atoms with Crippen molar-refractivity contribution in [3.05, 3.63) is 42.0 Å². The van der Waals surface area contributed by atoms with Gasteiger partial charge < -0.3 is 25.0 Å². The van der Waals surface area contributed by atoms with E-state index < -0.39 is 0 Å². The Labute approximate surface area is 164 Å². The monoisotopic (exact) mass is 383 g/mol. The molecule has 28 heavy (non-hydrogen) atoms. The standard InChI is InChI=1S/C21H25N3O4/c1-4-20(25)24-9-5-6-14-7-8-15(12-19(14)24)22-21(26)23-16-10-17(27-2)13-18(11-16)28-3/h7-8,10-13H,4-6,9H2,1-3H3,(H2,22,23,26). The number of rotatable bonds is 5. The van der Waals surface area contributed by atoms with Crippen molar-refractivity contribution in [1.82, 2.24) is 0 Å². The molecular formula is C21H25N3O4. The summed E-state index contributed by atoms with van der Waals surface area (Å²) in [5, 5.41) is 5.60. The molecule has 1 aliphatic heterocycles. The van der Waals surface area contributed by atoms with Crippen molar-refractivity contribution >= 4 is 29.0 Å². The van der Waals surface area contributed by atoms with Gasteiger partial charge in [-0.3, -0.25) is 4.79 Å². The summed E-state index contributed by atoms with van der Waals surface area (Å²) in [7, 11) is 3.10. The van der Waals surface area contributed by atoms with Gasteiger partial charge in [-0.05, 0) is 30.5 Å². The average Bonchev–Trinajstić information content (AvgIpc) is 2.72. The number of amides is 3. The van der Waals surface area contributed by atoms with Crippen LogP contribution in [-0.2, 0) is 11.2 Å². The average molecular weight is 383 g/mol. The Morgan fingerprint density at radius 2 is 1.68 bits per heavy atom. The first kappa shape index (κ1) is 19.5. The zero-order valence-electron chi connectivity index (χ0n) is 16.4. The van der Waals surface area contributed by atoms with E-state index in [0.717, 1.165) is 24.1 Å². The molecular weight excluding hydrogens is 358 g/mol. The minimum absolute atomic E-state index is 0.0889. The lowest BCUT2D eigenvalue weighted by Crippen LogP contribution is -2.35. The summed E-state index contributed by atoms with van der Waals surface area (Å²) >= 11 is 0. The second kappa shape index (κ2) is 8.65. The highest BCUT2D eigenvalue weighted by Gasteiger charge is 2.22. The van der Waals surface area contributed by atoms with Crippen LogP contribution in [0.1, 0.15) is 25.3 Å². The van der Waals surface area contributed by atoms with Crippen molar-refractivity contribution in [2.75, 3.05) is 36.3 Å². The molecule has 0 atom stereocenters. The van der Waals surface area contributed by atoms with Crippen LogP contribution in [0.2, 0.25) is 0 Å². The summed E-state index contributed by atoms with van der Waals surface area (Å²) in [6, 6.07) is 10.4. The van der Waals surface area contributed by atoms with Crippen molar-refractivity contribution in [2.45, 2.75) is 26.2 Å². The van der Waals surface area contributed by atoms with Gasteiger partial charge in [0.1, 0.15) is 11.5 Å². The molecule has 2 aromatic rings. The Bertz CT molecular complexity index is 860. The van der Waals surface area contributed by atoms with Gasteiger partial charge in [-0.2, -0.15) is 0 Å². The maximum absolute atomic E-state index is 12.4. The van der Waals surface area contributed by atoms with E-state index in [1.54, 1.807) is 37.3 Å². The predicted octanol–water partition coefficient (Wildman–Crippen LogP) is 4.04. The fourth-order valence-electron chi connectivity index (χ4n) is 3.28. The first-order chi connectivity index (χ1) is 13.5. The number of benzene rings is 2. The smallest absolute Gasteiger partial charge is 0.323 e. The van der Waals surface area contributed by atoms with E-state index in [1.165, 1.54) is 0 Å². The van der Waals surface area contributed by atoms with Crippen LogP contribution in [0.3, 0.4) is 0 Å². The van der Waals surface area contributed by atoms with Crippen molar-refractivity contribution < 1.29 is 19.1 Å². The lowest BCUT2D eigenvalue weighted by Gasteiger charge is -2.29. The largest absolute Gasteiger partial charge is 0.497 e. The molecule has 0 aliphatic carbocycles. The Morgan fingerprint density at radius 1 is 1.00 bits per heavy atom. The molecule has 2 N–H and O–H groups in total. The molecule has 1 aliphatic rings. The number of carbonyl (C=O) groups is 2. The molecule has 0 aromatic heterocycles. The number of hydrogen-bond acceptors (Lipinski definition) is 4. The van der Waals surface area contributed by atoms with E-state index in [-0.39, 0.29) is 11.9 Å². The molecule has 0 saturated heterocycles. The lowest BCUT2D eigenvalue weighted by molar-refractivity contribution is -0.118. The lowest BCUT2D eigenvalue weighted by atomic mass is 10.0. The molecule has 3 rings (SSSR count). The molecule has 0 radical (unpaired) electrons. The predicted molar refractivity (Wildman–Crippen MR) is 110 cm³/mol. The number of nitrogens with zero attached hydrogens (tertiary/aromatic N) is 1. The minimum atomic E-state index is -0.389. The van der Waals surface area contributed by atoms with Gasteiger partial charge in [-0.15, -0.1) is 0 Å². The van der Waals surface area contributed by atoms with E-state index in [9.17, 15) is 9.59 Å². The number of fused-ring (bicyclic) bond motifs is 1. The highest BCUT2D eigenvalue weighted by molar-refractivity contribution is 6.01. The number of carbonyl (C=O) groups excluding carboxylic acids is 2. The summed E-state index contributed by atoms with van der Waals surface area (Å²) in [4.78, 5) is 26.5. The van der Waals surface area contributed by atoms with Gasteiger partial charge in [-0.1, -0.05) is 13.0 Å². The highest BCUT2D eigenvalue weighted by Crippen LogP contribution is 2.31. The number of anilines is 3. The molecule has 148 valence electrons. The van der Waals surface area contributed by atoms with Crippen LogP contribution in [0, 0.1) is 0 Å². The van der Waals surface area contributed by atoms with Gasteiger partial charge in [0, 0.05) is 48.2 Å². The van der Waals surface area contributed by atoms with Crippen molar-refractivity contribution in [3.8, 4) is 11.5 Å². The van der Waals surface area contributed by atoms with Crippen LogP contribution in [0.25, 0.3) is 0 Å². The summed E-state index contributed by atoms with van der Waals surface area (Å²) < 4.78 is 10.4. The van der Waals surface area contributed by atoms with Crippen LogP contribution in [0.5, 0.6) is 11.5 Å². The number of hydrogen-bond donors (Lipinski definition) is 2. The zero-order valence-corrected chi connectivity index (χ0v) is 16.4. The highest BCUT2D eigenvalue weighted by atomic mass is 16.5. The van der Waals surface area contributed by atoms with E-state index in [0.29, 0.717) is 35.8 Å². The first-order valence-electron chi connectivity index (χ1n) is 9.28. The molecule has 0 bridgehead atoms. The number of urea groups is 1. The third-order valence-corrected chi connectivity index (χ3v) is 4.67. The van der Waals surface area contributed by atoms with Crippen LogP contribution < -0.4 is 25.0 Å². The SMILES string of the molecule is CCC(=O)N1CCCc2ccc(NC(=O)Nc3cc(OC)cc(OC)c3)cc21. The second-order valence-electron chi connectivity index (χ2n) is 6.53. The van der Waals surface area contributed by atoms with Crippen LogP contribution in [0.4, 0.5) is 21.9 Å². The van der Waals surface area contributed by atoms with Gasteiger partial charge in [0.05, 0.1) is 14.2 Å². The zero-order chi connectivity index (χ0) is 20.1. The Kier molecular flexibility index (Phi) is 6.03. The Morgan fingerprint density at radius 3 is 2.32 bits per heavy atom. The van der Waals surface area contributed by atoms with Gasteiger partial charge in [-0.25, -0.2) is 4.79 Å². The summed E-state index contributed by atoms with van der Waals surface area (Å²) in [6.07, 6.45) is 2.33. The molecule has 0 unspecified atom stereocenters. The van der Waals surface area contributed by atoms with Crippen molar-refractivity contribution in [3.63, 3.8) is 0 Å². The van der Waals surface area contributed by atoms with Crippen molar-refractivity contribution in [2.24, 2.45) is 0 Å². The molecule has 0 fully saturated rings. The van der Waals surface area contributed by atoms with Crippen LogP contribution in [0.15, 0.2) is 36.4 Å². The molecule has 7 heteroatoms. The third-order valence-electron chi connectivity index (χ3n) is 4.67. The molecule has 3 amide bonds. The van der Waals surface area contributed by atoms with E-state index in [2.05, 4.69) is 10.6 Å². The molecule has 1 heterocycles. The second-order valence-corrected chi connectivity index (χ2v) is 6.53. The quantitative estimate of drug-likeness (QED) is 0.817. The van der Waals surface area contributed by atoms with Gasteiger partial charge >= 0.3 is 6.03 Å². The van der Waals surface area contributed by atoms with Gasteiger partial charge in [0.2, 0.25) is 5.91 Å². The number of aryl methyl sites for hydroxylation is 1. The normalized spacial score (nSPS) is 12.8. The molecule has 7 nitrogen and oxygen atoms in total. The topological polar surface area (TPSA) is 79.9 Å². The Hall–Kier alpha value is -3.22. The molecule has 0 spiro atoms. The number of ether oxygens (including phenoxy) is 2. The molecule has 2 aromatic carbocycles. The fourth-order valence-corrected chi connectivity index (χ4v) is 3.28. The minimum Gasteiger partial charge on any atom is -0.497 e. The summed E-state index contributed by atoms with van der Waals surface area (Å²) in [6.45, 7) is 2.56. The Balaban J connectivity index is 1.75. The van der Waals surface area contributed by atoms with E-state index >= 15 is 0 Å². The van der Waals surface area contributed by atoms with E-state index in [4.69, 9.17) is 9.47 Å². The third kappa shape index (κ3) is 4.36. The summed E-state index contributed by atoms with van der Waals surface area (Å²) in [5.74, 6) is 1.25. The first-order valence-corrected chi connectivity index (χ1v) is 9.28.